The smallest absolute Gasteiger partial charge is 0.333 e. The average Bonchev–Trinajstić information content (AvgIpc) is 3.28. The van der Waals surface area contributed by atoms with Crippen LogP contribution in [0.3, 0.4) is 0 Å². The van der Waals surface area contributed by atoms with Crippen molar-refractivity contribution in [1.29, 1.82) is 0 Å². The third kappa shape index (κ3) is 5.47. The van der Waals surface area contributed by atoms with Crippen molar-refractivity contribution in [3.8, 4) is 22.5 Å². The Kier molecular flexibility index (Phi) is 7.67. The van der Waals surface area contributed by atoms with Gasteiger partial charge in [0.1, 0.15) is 29.8 Å². The molecule has 8 nitrogen and oxygen atoms in total. The molecule has 4 rings (SSSR count). The molecule has 0 aliphatic heterocycles. The number of nitrogens with zero attached hydrogens (tertiary/aromatic N) is 4. The van der Waals surface area contributed by atoms with Gasteiger partial charge >= 0.3 is 6.55 Å². The Morgan fingerprint density at radius 3 is 2.58 bits per heavy atom. The summed E-state index contributed by atoms with van der Waals surface area (Å²) in [6.07, 6.45) is 2.37. The van der Waals surface area contributed by atoms with Crippen LogP contribution in [0.1, 0.15) is 39.8 Å². The molecule has 4 N–H and O–H groups in total. The van der Waals surface area contributed by atoms with E-state index in [1.165, 1.54) is 25.3 Å². The van der Waals surface area contributed by atoms with Crippen molar-refractivity contribution in [1.82, 2.24) is 25.1 Å². The second-order valence-corrected chi connectivity index (χ2v) is 8.30. The molecule has 0 radical (unpaired) electrons. The average molecular weight is 532 g/mol. The van der Waals surface area contributed by atoms with Crippen LogP contribution in [0.5, 0.6) is 0 Å². The summed E-state index contributed by atoms with van der Waals surface area (Å²) >= 11 is 0. The van der Waals surface area contributed by atoms with Crippen molar-refractivity contribution in [3.63, 3.8) is 0 Å². The van der Waals surface area contributed by atoms with Crippen LogP contribution in [0.15, 0.2) is 48.8 Å². The minimum atomic E-state index is -2.85. The summed E-state index contributed by atoms with van der Waals surface area (Å²) in [7, 11) is 0. The zero-order valence-electron chi connectivity index (χ0n) is 19.8. The molecule has 38 heavy (non-hydrogen) atoms. The molecule has 4 aromatic rings. The van der Waals surface area contributed by atoms with E-state index in [9.17, 15) is 27.5 Å². The normalized spacial score (nSPS) is 12.1. The molecule has 198 valence electrons. The number of nitrogen functional groups attached to an aromatic ring is 1. The van der Waals surface area contributed by atoms with Gasteiger partial charge in [-0.05, 0) is 42.3 Å². The third-order valence-electron chi connectivity index (χ3n) is 5.70. The molecule has 0 aliphatic carbocycles. The zero-order valence-corrected chi connectivity index (χ0v) is 19.8. The molecule has 2 aromatic carbocycles. The largest absolute Gasteiger partial charge is 0.394 e. The van der Waals surface area contributed by atoms with E-state index in [4.69, 9.17) is 5.73 Å². The van der Waals surface area contributed by atoms with Crippen LogP contribution >= 0.6 is 0 Å². The van der Waals surface area contributed by atoms with Gasteiger partial charge in [0.25, 0.3) is 5.91 Å². The number of aliphatic hydroxyl groups excluding tert-OH is 1. The minimum Gasteiger partial charge on any atom is -0.394 e. The highest BCUT2D eigenvalue weighted by atomic mass is 19.3. The number of carbonyl (C=O) groups is 1. The summed E-state index contributed by atoms with van der Waals surface area (Å²) in [5.41, 5.74) is 6.57. The van der Waals surface area contributed by atoms with E-state index in [0.717, 1.165) is 30.5 Å². The molecule has 0 saturated carbocycles. The third-order valence-corrected chi connectivity index (χ3v) is 5.70. The highest BCUT2D eigenvalue weighted by molar-refractivity contribution is 5.95. The number of aryl methyl sites for hydroxylation is 1. The lowest BCUT2D eigenvalue weighted by Gasteiger charge is -2.18. The number of benzene rings is 2. The van der Waals surface area contributed by atoms with Gasteiger partial charge in [0.15, 0.2) is 0 Å². The number of hydrogen-bond donors (Lipinski definition) is 3. The Hall–Kier alpha value is -4.39. The van der Waals surface area contributed by atoms with Crippen LogP contribution < -0.4 is 11.1 Å². The first-order valence-corrected chi connectivity index (χ1v) is 11.1. The van der Waals surface area contributed by atoms with E-state index in [-0.39, 0.29) is 45.2 Å². The van der Waals surface area contributed by atoms with Crippen molar-refractivity contribution in [2.24, 2.45) is 0 Å². The van der Waals surface area contributed by atoms with Crippen LogP contribution in [-0.4, -0.2) is 37.4 Å². The second-order valence-electron chi connectivity index (χ2n) is 8.30. The quantitative estimate of drug-likeness (QED) is 0.288. The molecule has 0 saturated heterocycles. The van der Waals surface area contributed by atoms with Gasteiger partial charge in [0.2, 0.25) is 0 Å². The highest BCUT2D eigenvalue weighted by Crippen LogP contribution is 2.29. The van der Waals surface area contributed by atoms with Crippen LogP contribution in [0.2, 0.25) is 0 Å². The maximum absolute atomic E-state index is 15.0. The predicted octanol–water partition coefficient (Wildman–Crippen LogP) is 4.50. The fourth-order valence-corrected chi connectivity index (χ4v) is 3.84. The van der Waals surface area contributed by atoms with Gasteiger partial charge in [-0.25, -0.2) is 27.8 Å². The fraction of sp³-hybridized carbons (Fsp3) is 0.200. The molecule has 2 aromatic heterocycles. The number of nitrogens with one attached hydrogen (secondary N) is 1. The fourth-order valence-electron chi connectivity index (χ4n) is 3.84. The van der Waals surface area contributed by atoms with Crippen LogP contribution in [0, 0.1) is 18.6 Å². The molecule has 0 aliphatic rings. The number of amides is 1. The number of anilines is 1. The molecule has 0 spiro atoms. The van der Waals surface area contributed by atoms with Crippen molar-refractivity contribution in [3.05, 3.63) is 82.8 Å². The number of nitrogens with two attached hydrogens (primary N) is 1. The summed E-state index contributed by atoms with van der Waals surface area (Å²) in [5, 5.41) is 15.8. The van der Waals surface area contributed by atoms with Gasteiger partial charge in [0.05, 0.1) is 35.8 Å². The number of rotatable bonds is 8. The Labute approximate surface area is 213 Å². The molecule has 0 fully saturated rings. The number of alkyl halides is 3. The molecule has 1 amide bonds. The van der Waals surface area contributed by atoms with Gasteiger partial charge in [-0.3, -0.25) is 4.79 Å². The van der Waals surface area contributed by atoms with Crippen LogP contribution in [0.25, 0.3) is 22.5 Å². The first-order valence-electron chi connectivity index (χ1n) is 11.1. The SMILES string of the molecule is Cc1nn(C(F)F)cc1-c1cnc(N)c(-c2ccc(C(=O)N[C@H](CO)c3cc(F)cc(CF)c3)c(F)c2)n1. The van der Waals surface area contributed by atoms with E-state index in [1.807, 2.05) is 0 Å². The van der Waals surface area contributed by atoms with Gasteiger partial charge in [-0.1, -0.05) is 12.1 Å². The monoisotopic (exact) mass is 532 g/mol. The Morgan fingerprint density at radius 2 is 1.95 bits per heavy atom. The van der Waals surface area contributed by atoms with E-state index in [0.29, 0.717) is 4.68 Å². The van der Waals surface area contributed by atoms with Crippen LogP contribution in [-0.2, 0) is 6.67 Å². The van der Waals surface area contributed by atoms with Crippen LogP contribution in [0.4, 0.5) is 27.8 Å². The number of halogens is 5. The second kappa shape index (κ2) is 10.9. The maximum Gasteiger partial charge on any atom is 0.333 e. The Morgan fingerprint density at radius 1 is 1.18 bits per heavy atom. The van der Waals surface area contributed by atoms with Gasteiger partial charge in [-0.15, -0.1) is 0 Å². The molecule has 13 heteroatoms. The van der Waals surface area contributed by atoms with Crippen molar-refractivity contribution in [2.45, 2.75) is 26.2 Å². The summed E-state index contributed by atoms with van der Waals surface area (Å²) in [6.45, 7) is -2.94. The predicted molar refractivity (Wildman–Crippen MR) is 128 cm³/mol. The molecular formula is C25H21F5N6O2. The number of aromatic nitrogens is 4. The Balaban J connectivity index is 1.61. The van der Waals surface area contributed by atoms with E-state index >= 15 is 4.39 Å². The van der Waals surface area contributed by atoms with Gasteiger partial charge in [-0.2, -0.15) is 13.9 Å². The van der Waals surface area contributed by atoms with E-state index < -0.39 is 49.0 Å². The minimum absolute atomic E-state index is 0.0147. The lowest BCUT2D eigenvalue weighted by atomic mass is 10.0. The van der Waals surface area contributed by atoms with Crippen molar-refractivity contribution < 1.29 is 31.9 Å². The Bertz CT molecular complexity index is 1490. The zero-order chi connectivity index (χ0) is 27.6. The number of aliphatic hydroxyl groups is 1. The first-order chi connectivity index (χ1) is 18.1. The maximum atomic E-state index is 15.0. The number of carbonyl (C=O) groups excluding carboxylic acids is 1. The number of hydrogen-bond acceptors (Lipinski definition) is 6. The summed E-state index contributed by atoms with van der Waals surface area (Å²) < 4.78 is 68.3. The topological polar surface area (TPSA) is 119 Å². The molecule has 1 atom stereocenters. The molecule has 2 heterocycles. The molecule has 0 unspecified atom stereocenters. The summed E-state index contributed by atoms with van der Waals surface area (Å²) in [4.78, 5) is 21.1. The molecular weight excluding hydrogens is 511 g/mol. The van der Waals surface area contributed by atoms with E-state index in [1.54, 1.807) is 0 Å². The molecule has 0 bridgehead atoms. The van der Waals surface area contributed by atoms with Gasteiger partial charge < -0.3 is 16.2 Å². The highest BCUT2D eigenvalue weighted by Gasteiger charge is 2.21. The summed E-state index contributed by atoms with van der Waals surface area (Å²) in [6, 6.07) is 5.67. The van der Waals surface area contributed by atoms with Crippen molar-refractivity contribution in [2.75, 3.05) is 12.3 Å². The van der Waals surface area contributed by atoms with E-state index in [2.05, 4.69) is 20.4 Å². The lowest BCUT2D eigenvalue weighted by molar-refractivity contribution is 0.0563. The van der Waals surface area contributed by atoms with Crippen molar-refractivity contribution >= 4 is 11.7 Å². The lowest BCUT2D eigenvalue weighted by Crippen LogP contribution is -2.31. The summed E-state index contributed by atoms with van der Waals surface area (Å²) in [5.74, 6) is -2.70. The van der Waals surface area contributed by atoms with Gasteiger partial charge in [0, 0.05) is 17.3 Å². The standard InChI is InChI=1S/C25H21F5N6O2/c1-12-18(10-36(35-12)25(29)30)20-9-32-23(31)22(33-20)14-2-3-17(19(28)7-14)24(38)34-21(11-37)15-4-13(8-26)5-16(27)6-15/h2-7,9-10,21,25,37H,8,11H2,1H3,(H2,31,32)(H,34,38)/t21-/m1/s1. The first kappa shape index (κ1) is 26.7.